The number of aliphatic hydroxyl groups excluding tert-OH is 1. The quantitative estimate of drug-likeness (QED) is 0.617. The molecule has 18 heavy (non-hydrogen) atoms. The van der Waals surface area contributed by atoms with Crippen LogP contribution in [0.3, 0.4) is 0 Å². The predicted molar refractivity (Wildman–Crippen MR) is 72.1 cm³/mol. The third-order valence-electron chi connectivity index (χ3n) is 2.59. The Morgan fingerprint density at radius 3 is 2.78 bits per heavy atom. The number of phenolic OH excluding ortho intramolecular Hbond substituents is 1. The van der Waals surface area contributed by atoms with Crippen LogP contribution in [0, 0.1) is 0 Å². The minimum Gasteiger partial charge on any atom is -0.504 e. The Balaban J connectivity index is 2.40. The van der Waals surface area contributed by atoms with Gasteiger partial charge in [0.15, 0.2) is 11.5 Å². The summed E-state index contributed by atoms with van der Waals surface area (Å²) >= 11 is 0. The van der Waals surface area contributed by atoms with E-state index in [1.807, 2.05) is 6.07 Å². The van der Waals surface area contributed by atoms with Crippen molar-refractivity contribution in [1.29, 1.82) is 0 Å². The molecule has 0 bridgehead atoms. The van der Waals surface area contributed by atoms with E-state index in [4.69, 9.17) is 9.84 Å². The molecule has 0 unspecified atom stereocenters. The second-order valence-corrected chi connectivity index (χ2v) is 4.55. The molecule has 0 fully saturated rings. The molecular weight excluding hydrogens is 230 g/mol. The van der Waals surface area contributed by atoms with Crippen LogP contribution in [0.5, 0.6) is 11.5 Å². The first-order valence-corrected chi connectivity index (χ1v) is 6.43. The molecule has 0 saturated carbocycles. The summed E-state index contributed by atoms with van der Waals surface area (Å²) in [5.74, 6) is 0.633. The largest absolute Gasteiger partial charge is 0.504 e. The number of aromatic hydroxyl groups is 1. The highest BCUT2D eigenvalue weighted by Crippen LogP contribution is 2.29. The number of hydrogen-bond acceptors (Lipinski definition) is 4. The van der Waals surface area contributed by atoms with Crippen molar-refractivity contribution in [2.75, 3.05) is 19.8 Å². The molecule has 0 aromatic heterocycles. The number of phenols is 1. The fraction of sp³-hybridized carbons (Fsp3) is 0.571. The minimum absolute atomic E-state index is 0.0231. The van der Waals surface area contributed by atoms with Crippen LogP contribution < -0.4 is 10.1 Å². The third-order valence-corrected chi connectivity index (χ3v) is 2.59. The lowest BCUT2D eigenvalue weighted by molar-refractivity contribution is 0.283. The monoisotopic (exact) mass is 253 g/mol. The normalized spacial score (nSPS) is 10.9. The highest BCUT2D eigenvalue weighted by molar-refractivity contribution is 5.45. The zero-order valence-corrected chi connectivity index (χ0v) is 11.1. The molecule has 0 atom stereocenters. The van der Waals surface area contributed by atoms with E-state index in [1.54, 1.807) is 12.1 Å². The van der Waals surface area contributed by atoms with Gasteiger partial charge in [0, 0.05) is 18.2 Å². The molecule has 1 aromatic carbocycles. The van der Waals surface area contributed by atoms with Crippen molar-refractivity contribution in [2.24, 2.45) is 0 Å². The van der Waals surface area contributed by atoms with Crippen LogP contribution in [0.2, 0.25) is 0 Å². The fourth-order valence-corrected chi connectivity index (χ4v) is 1.65. The first-order chi connectivity index (χ1) is 8.65. The number of rotatable bonds is 8. The van der Waals surface area contributed by atoms with Crippen molar-refractivity contribution in [3.63, 3.8) is 0 Å². The van der Waals surface area contributed by atoms with E-state index in [2.05, 4.69) is 19.2 Å². The van der Waals surface area contributed by atoms with Gasteiger partial charge in [-0.1, -0.05) is 26.0 Å². The van der Waals surface area contributed by atoms with Crippen LogP contribution in [0.1, 0.15) is 25.8 Å². The van der Waals surface area contributed by atoms with Crippen LogP contribution in [-0.4, -0.2) is 36.0 Å². The fourth-order valence-electron chi connectivity index (χ4n) is 1.65. The number of nitrogens with one attached hydrogen (secondary N) is 1. The molecule has 1 aromatic rings. The Hall–Kier alpha value is -1.26. The van der Waals surface area contributed by atoms with Crippen LogP contribution in [-0.2, 0) is 6.42 Å². The molecule has 0 radical (unpaired) electrons. The van der Waals surface area contributed by atoms with Gasteiger partial charge < -0.3 is 20.3 Å². The zero-order chi connectivity index (χ0) is 13.4. The predicted octanol–water partition coefficient (Wildman–Crippen LogP) is 1.69. The molecule has 1 rings (SSSR count). The van der Waals surface area contributed by atoms with E-state index in [1.165, 1.54) is 0 Å². The second kappa shape index (κ2) is 7.95. The van der Waals surface area contributed by atoms with Gasteiger partial charge >= 0.3 is 0 Å². The summed E-state index contributed by atoms with van der Waals surface area (Å²) < 4.78 is 5.53. The van der Waals surface area contributed by atoms with Gasteiger partial charge in [-0.2, -0.15) is 0 Å². The van der Waals surface area contributed by atoms with Crippen molar-refractivity contribution >= 4 is 0 Å². The maximum absolute atomic E-state index is 9.91. The molecule has 3 N–H and O–H groups in total. The molecule has 0 aliphatic carbocycles. The first-order valence-electron chi connectivity index (χ1n) is 6.43. The number of benzene rings is 1. The van der Waals surface area contributed by atoms with Crippen molar-refractivity contribution in [3.8, 4) is 11.5 Å². The highest BCUT2D eigenvalue weighted by atomic mass is 16.5. The molecule has 0 aliphatic rings. The molecular formula is C14H23NO3. The minimum atomic E-state index is 0.0231. The smallest absolute Gasteiger partial charge is 0.161 e. The lowest BCUT2D eigenvalue weighted by Crippen LogP contribution is -2.24. The molecule has 4 nitrogen and oxygen atoms in total. The Kier molecular flexibility index (Phi) is 6.54. The van der Waals surface area contributed by atoms with Gasteiger partial charge in [-0.05, 0) is 25.5 Å². The van der Waals surface area contributed by atoms with Gasteiger partial charge in [0.1, 0.15) is 0 Å². The van der Waals surface area contributed by atoms with Gasteiger partial charge in [-0.3, -0.25) is 0 Å². The topological polar surface area (TPSA) is 61.7 Å². The molecule has 4 heteroatoms. The van der Waals surface area contributed by atoms with E-state index in [0.29, 0.717) is 24.8 Å². The number of aliphatic hydroxyl groups is 1. The Bertz CT molecular complexity index is 353. The molecule has 0 heterocycles. The summed E-state index contributed by atoms with van der Waals surface area (Å²) in [4.78, 5) is 0. The van der Waals surface area contributed by atoms with Crippen LogP contribution in [0.4, 0.5) is 0 Å². The first kappa shape index (κ1) is 14.8. The lowest BCUT2D eigenvalue weighted by Gasteiger charge is -2.12. The summed E-state index contributed by atoms with van der Waals surface area (Å²) in [6.45, 7) is 5.69. The summed E-state index contributed by atoms with van der Waals surface area (Å²) in [7, 11) is 0. The maximum atomic E-state index is 9.91. The second-order valence-electron chi connectivity index (χ2n) is 4.55. The van der Waals surface area contributed by atoms with Crippen molar-refractivity contribution in [2.45, 2.75) is 32.7 Å². The van der Waals surface area contributed by atoms with Gasteiger partial charge in [0.2, 0.25) is 0 Å². The highest BCUT2D eigenvalue weighted by Gasteiger charge is 2.07. The molecule has 0 aliphatic heterocycles. The molecule has 0 saturated heterocycles. The number of para-hydroxylation sites is 1. The SMILES string of the molecule is CC(C)NCCCOc1cccc(CCO)c1O. The van der Waals surface area contributed by atoms with E-state index < -0.39 is 0 Å². The van der Waals surface area contributed by atoms with Crippen molar-refractivity contribution in [1.82, 2.24) is 5.32 Å². The average Bonchev–Trinajstić information content (AvgIpc) is 2.33. The third kappa shape index (κ3) is 4.94. The maximum Gasteiger partial charge on any atom is 0.161 e. The van der Waals surface area contributed by atoms with Crippen molar-refractivity contribution < 1.29 is 14.9 Å². The van der Waals surface area contributed by atoms with Gasteiger partial charge in [-0.15, -0.1) is 0 Å². The number of hydrogen-bond donors (Lipinski definition) is 3. The zero-order valence-electron chi connectivity index (χ0n) is 11.1. The molecule has 0 spiro atoms. The van der Waals surface area contributed by atoms with Gasteiger partial charge in [0.05, 0.1) is 6.61 Å². The number of ether oxygens (including phenoxy) is 1. The molecule has 102 valence electrons. The summed E-state index contributed by atoms with van der Waals surface area (Å²) in [5.41, 5.74) is 0.718. The van der Waals surface area contributed by atoms with Gasteiger partial charge in [-0.25, -0.2) is 0 Å². The van der Waals surface area contributed by atoms with E-state index in [0.717, 1.165) is 18.5 Å². The summed E-state index contributed by atoms with van der Waals surface area (Å²) in [6.07, 6.45) is 1.33. The van der Waals surface area contributed by atoms with E-state index in [-0.39, 0.29) is 12.4 Å². The van der Waals surface area contributed by atoms with E-state index in [9.17, 15) is 5.11 Å². The summed E-state index contributed by atoms with van der Waals surface area (Å²) in [6, 6.07) is 5.84. The van der Waals surface area contributed by atoms with Crippen LogP contribution in [0.15, 0.2) is 18.2 Å². The van der Waals surface area contributed by atoms with Crippen LogP contribution >= 0.6 is 0 Å². The Morgan fingerprint density at radius 2 is 2.11 bits per heavy atom. The lowest BCUT2D eigenvalue weighted by atomic mass is 10.1. The van der Waals surface area contributed by atoms with Gasteiger partial charge in [0.25, 0.3) is 0 Å². The average molecular weight is 253 g/mol. The summed E-state index contributed by atoms with van der Waals surface area (Å²) in [5, 5.41) is 22.1. The van der Waals surface area contributed by atoms with Crippen molar-refractivity contribution in [3.05, 3.63) is 23.8 Å². The Morgan fingerprint density at radius 1 is 1.33 bits per heavy atom. The standard InChI is InChI=1S/C14H23NO3/c1-11(2)15-8-4-10-18-13-6-3-5-12(7-9-16)14(13)17/h3,5-6,11,15-17H,4,7-10H2,1-2H3. The van der Waals surface area contributed by atoms with Crippen LogP contribution in [0.25, 0.3) is 0 Å². The molecule has 0 amide bonds. The van der Waals surface area contributed by atoms with E-state index >= 15 is 0 Å². The Labute approximate surface area is 109 Å².